The van der Waals surface area contributed by atoms with Crippen molar-refractivity contribution in [3.05, 3.63) is 76.9 Å². The molecule has 0 heterocycles. The van der Waals surface area contributed by atoms with Gasteiger partial charge in [0.1, 0.15) is 17.2 Å². The van der Waals surface area contributed by atoms with E-state index in [0.717, 1.165) is 33.8 Å². The molecule has 0 unspecified atom stereocenters. The second-order valence-electron chi connectivity index (χ2n) is 6.71. The van der Waals surface area contributed by atoms with Gasteiger partial charge in [0.15, 0.2) is 11.5 Å². The van der Waals surface area contributed by atoms with Gasteiger partial charge in [-0.25, -0.2) is 0 Å². The minimum absolute atomic E-state index is 0.0312. The SMILES string of the molecule is COc1c(C)cccc1O.COc1cc(C)ccc1CO.COc1cccc(O)c1C. The van der Waals surface area contributed by atoms with Crippen molar-refractivity contribution >= 4 is 0 Å². The van der Waals surface area contributed by atoms with Crippen LogP contribution in [0.1, 0.15) is 22.3 Å². The summed E-state index contributed by atoms with van der Waals surface area (Å²) in [6.45, 7) is 5.72. The second-order valence-corrected chi connectivity index (χ2v) is 6.71. The fourth-order valence-electron chi connectivity index (χ4n) is 2.71. The highest BCUT2D eigenvalue weighted by molar-refractivity contribution is 5.44. The van der Waals surface area contributed by atoms with E-state index >= 15 is 0 Å². The number of benzene rings is 3. The van der Waals surface area contributed by atoms with Gasteiger partial charge in [0, 0.05) is 11.1 Å². The number of hydrogen-bond donors (Lipinski definition) is 3. The largest absolute Gasteiger partial charge is 0.508 e. The molecule has 0 aliphatic heterocycles. The van der Waals surface area contributed by atoms with Crippen molar-refractivity contribution in [2.75, 3.05) is 21.3 Å². The fourth-order valence-corrected chi connectivity index (χ4v) is 2.71. The molecule has 0 saturated heterocycles. The Balaban J connectivity index is 0.000000233. The van der Waals surface area contributed by atoms with Crippen molar-refractivity contribution in [2.24, 2.45) is 0 Å². The number of aliphatic hydroxyl groups excluding tert-OH is 1. The van der Waals surface area contributed by atoms with Gasteiger partial charge in [-0.3, -0.25) is 0 Å². The Bertz CT molecular complexity index is 932. The smallest absolute Gasteiger partial charge is 0.163 e. The maximum atomic E-state index is 9.17. The standard InChI is InChI=1S/C9H12O2.2C8H10O2/c1-7-3-4-8(6-10)9(5-7)11-2;1-6-7(9)4-3-5-8(6)10-2;1-6-4-3-5-7(9)8(6)10-2/h3-5,10H,6H2,1-2H3;2*3-5,9H,1-2H3. The molecule has 6 nitrogen and oxygen atoms in total. The van der Waals surface area contributed by atoms with Gasteiger partial charge < -0.3 is 29.5 Å². The molecule has 168 valence electrons. The minimum atomic E-state index is 0.0312. The molecule has 0 saturated carbocycles. The topological polar surface area (TPSA) is 88.4 Å². The normalized spacial score (nSPS) is 9.52. The molecule has 3 N–H and O–H groups in total. The van der Waals surface area contributed by atoms with Gasteiger partial charge in [-0.2, -0.15) is 0 Å². The molecule has 3 aromatic carbocycles. The van der Waals surface area contributed by atoms with E-state index in [1.807, 2.05) is 51.1 Å². The van der Waals surface area contributed by atoms with Crippen LogP contribution in [0.2, 0.25) is 0 Å². The number of para-hydroxylation sites is 1. The zero-order valence-corrected chi connectivity index (χ0v) is 19.0. The lowest BCUT2D eigenvalue weighted by Crippen LogP contribution is -1.91. The number of rotatable bonds is 4. The molecule has 0 spiro atoms. The van der Waals surface area contributed by atoms with Gasteiger partial charge in [-0.1, -0.05) is 30.3 Å². The van der Waals surface area contributed by atoms with E-state index in [9.17, 15) is 0 Å². The fraction of sp³-hybridized carbons (Fsp3) is 0.280. The summed E-state index contributed by atoms with van der Waals surface area (Å²) in [4.78, 5) is 0. The van der Waals surface area contributed by atoms with Crippen molar-refractivity contribution in [3.8, 4) is 28.7 Å². The number of hydrogen-bond acceptors (Lipinski definition) is 6. The molecule has 0 aromatic heterocycles. The number of phenols is 2. The number of phenolic OH excluding ortho intramolecular Hbond substituents is 2. The lowest BCUT2D eigenvalue weighted by Gasteiger charge is -2.05. The molecule has 0 fully saturated rings. The Kier molecular flexibility index (Phi) is 10.8. The van der Waals surface area contributed by atoms with Crippen molar-refractivity contribution in [2.45, 2.75) is 27.4 Å². The van der Waals surface area contributed by atoms with E-state index in [1.165, 1.54) is 0 Å². The number of aryl methyl sites for hydroxylation is 2. The van der Waals surface area contributed by atoms with E-state index in [2.05, 4.69) is 0 Å². The van der Waals surface area contributed by atoms with Crippen molar-refractivity contribution in [3.63, 3.8) is 0 Å². The van der Waals surface area contributed by atoms with Crippen LogP contribution in [-0.4, -0.2) is 36.6 Å². The molecule has 31 heavy (non-hydrogen) atoms. The zero-order valence-electron chi connectivity index (χ0n) is 19.0. The third-order valence-corrected chi connectivity index (χ3v) is 4.48. The highest BCUT2D eigenvalue weighted by Gasteiger charge is 2.02. The first-order chi connectivity index (χ1) is 14.8. The molecular formula is C25H32O6. The lowest BCUT2D eigenvalue weighted by molar-refractivity contribution is 0.273. The average molecular weight is 429 g/mol. The first-order valence-electron chi connectivity index (χ1n) is 9.68. The van der Waals surface area contributed by atoms with Crippen LogP contribution in [0.15, 0.2) is 54.6 Å². The first-order valence-corrected chi connectivity index (χ1v) is 9.68. The number of aromatic hydroxyl groups is 2. The van der Waals surface area contributed by atoms with E-state index in [-0.39, 0.29) is 18.1 Å². The Hall–Kier alpha value is -3.38. The average Bonchev–Trinajstić information content (AvgIpc) is 2.76. The van der Waals surface area contributed by atoms with Crippen LogP contribution in [0.4, 0.5) is 0 Å². The molecule has 6 heteroatoms. The number of methoxy groups -OCH3 is 3. The summed E-state index contributed by atoms with van der Waals surface area (Å²) in [6, 6.07) is 16.2. The summed E-state index contributed by atoms with van der Waals surface area (Å²) in [5.74, 6) is 2.51. The van der Waals surface area contributed by atoms with Crippen molar-refractivity contribution < 1.29 is 29.5 Å². The summed E-state index contributed by atoms with van der Waals surface area (Å²) in [5, 5.41) is 27.2. The quantitative estimate of drug-likeness (QED) is 0.547. The summed E-state index contributed by atoms with van der Waals surface area (Å²) < 4.78 is 14.9. The van der Waals surface area contributed by atoms with Crippen LogP contribution in [0.3, 0.4) is 0 Å². The van der Waals surface area contributed by atoms with Gasteiger partial charge in [0.05, 0.1) is 27.9 Å². The van der Waals surface area contributed by atoms with Crippen LogP contribution in [-0.2, 0) is 6.61 Å². The Labute approximate surface area is 184 Å². The Morgan fingerprint density at radius 2 is 1.32 bits per heavy atom. The number of aliphatic hydroxyl groups is 1. The monoisotopic (exact) mass is 428 g/mol. The summed E-state index contributed by atoms with van der Waals surface area (Å²) in [6.07, 6.45) is 0. The first kappa shape index (κ1) is 25.7. The summed E-state index contributed by atoms with van der Waals surface area (Å²) in [5.41, 5.74) is 3.70. The predicted molar refractivity (Wildman–Crippen MR) is 122 cm³/mol. The van der Waals surface area contributed by atoms with Crippen molar-refractivity contribution in [1.29, 1.82) is 0 Å². The summed E-state index contributed by atoms with van der Waals surface area (Å²) in [7, 11) is 4.73. The van der Waals surface area contributed by atoms with E-state index < -0.39 is 0 Å². The third kappa shape index (κ3) is 7.75. The van der Waals surface area contributed by atoms with Crippen LogP contribution in [0, 0.1) is 20.8 Å². The van der Waals surface area contributed by atoms with Gasteiger partial charge in [0.25, 0.3) is 0 Å². The molecule has 0 amide bonds. The van der Waals surface area contributed by atoms with Gasteiger partial charge in [-0.05, 0) is 56.2 Å². The van der Waals surface area contributed by atoms with E-state index in [1.54, 1.807) is 45.6 Å². The van der Waals surface area contributed by atoms with Gasteiger partial charge >= 0.3 is 0 Å². The maximum Gasteiger partial charge on any atom is 0.163 e. The molecule has 0 aliphatic rings. The van der Waals surface area contributed by atoms with Crippen LogP contribution >= 0.6 is 0 Å². The van der Waals surface area contributed by atoms with Crippen LogP contribution in [0.25, 0.3) is 0 Å². The Morgan fingerprint density at radius 1 is 0.710 bits per heavy atom. The lowest BCUT2D eigenvalue weighted by atomic mass is 10.1. The second kappa shape index (κ2) is 13.0. The molecular weight excluding hydrogens is 396 g/mol. The predicted octanol–water partition coefficient (Wildman–Crippen LogP) is 4.91. The summed E-state index contributed by atoms with van der Waals surface area (Å²) >= 11 is 0. The van der Waals surface area contributed by atoms with Crippen molar-refractivity contribution in [1.82, 2.24) is 0 Å². The number of ether oxygens (including phenoxy) is 3. The molecule has 0 atom stereocenters. The minimum Gasteiger partial charge on any atom is -0.508 e. The van der Waals surface area contributed by atoms with E-state index in [0.29, 0.717) is 5.75 Å². The van der Waals surface area contributed by atoms with Crippen LogP contribution in [0.5, 0.6) is 28.7 Å². The van der Waals surface area contributed by atoms with Gasteiger partial charge in [-0.15, -0.1) is 0 Å². The third-order valence-electron chi connectivity index (χ3n) is 4.48. The molecule has 3 rings (SSSR count). The maximum absolute atomic E-state index is 9.17. The molecule has 0 aliphatic carbocycles. The highest BCUT2D eigenvalue weighted by atomic mass is 16.5. The Morgan fingerprint density at radius 3 is 1.81 bits per heavy atom. The molecule has 0 bridgehead atoms. The zero-order chi connectivity index (χ0) is 23.4. The van der Waals surface area contributed by atoms with Crippen LogP contribution < -0.4 is 14.2 Å². The highest BCUT2D eigenvalue weighted by Crippen LogP contribution is 2.28. The molecule has 3 aromatic rings. The van der Waals surface area contributed by atoms with Gasteiger partial charge in [0.2, 0.25) is 0 Å². The van der Waals surface area contributed by atoms with E-state index in [4.69, 9.17) is 29.5 Å². The molecule has 0 radical (unpaired) electrons.